The monoisotopic (exact) mass is 395 g/mol. The number of pyridine rings is 1. The van der Waals surface area contributed by atoms with E-state index >= 15 is 0 Å². The fourth-order valence-electron chi connectivity index (χ4n) is 3.09. The summed E-state index contributed by atoms with van der Waals surface area (Å²) < 4.78 is 18.4. The summed E-state index contributed by atoms with van der Waals surface area (Å²) in [5, 5.41) is 10.7. The van der Waals surface area contributed by atoms with Gasteiger partial charge in [-0.05, 0) is 55.0 Å². The highest BCUT2D eigenvalue weighted by Gasteiger charge is 2.12. The van der Waals surface area contributed by atoms with Crippen molar-refractivity contribution in [3.63, 3.8) is 0 Å². The number of nitrogens with zero attached hydrogens (tertiary/aromatic N) is 3. The van der Waals surface area contributed by atoms with Crippen molar-refractivity contribution in [3.8, 4) is 17.2 Å². The Labute approximate surface area is 167 Å². The zero-order valence-corrected chi connectivity index (χ0v) is 16.8. The maximum Gasteiger partial charge on any atom is 0.196 e. The highest BCUT2D eigenvalue weighted by molar-refractivity contribution is 7.99. The molecule has 4 aromatic rings. The van der Waals surface area contributed by atoms with Crippen LogP contribution in [0, 0.1) is 6.92 Å². The third-order valence-corrected chi connectivity index (χ3v) is 5.41. The molecule has 0 spiro atoms. The first-order chi connectivity index (χ1) is 13.7. The molecule has 0 aliphatic rings. The molecule has 7 heteroatoms. The fourth-order valence-corrected chi connectivity index (χ4v) is 3.86. The van der Waals surface area contributed by atoms with Crippen molar-refractivity contribution >= 4 is 28.3 Å². The number of aromatic nitrogens is 3. The Kier molecular flexibility index (Phi) is 5.25. The van der Waals surface area contributed by atoms with Gasteiger partial charge < -0.3 is 14.2 Å². The van der Waals surface area contributed by atoms with Crippen LogP contribution in [0.5, 0.6) is 17.2 Å². The van der Waals surface area contributed by atoms with Gasteiger partial charge in [-0.15, -0.1) is 10.2 Å². The number of aryl methyl sites for hydroxylation is 1. The maximum atomic E-state index is 5.81. The molecule has 2 aromatic heterocycles. The molecule has 0 saturated heterocycles. The van der Waals surface area contributed by atoms with Crippen LogP contribution in [-0.2, 0) is 0 Å². The van der Waals surface area contributed by atoms with Crippen molar-refractivity contribution in [1.82, 2.24) is 14.6 Å². The van der Waals surface area contributed by atoms with E-state index in [1.54, 1.807) is 26.0 Å². The summed E-state index contributed by atoms with van der Waals surface area (Å²) in [5.74, 6) is 3.20. The second-order valence-corrected chi connectivity index (χ2v) is 7.32. The van der Waals surface area contributed by atoms with E-state index in [-0.39, 0.29) is 0 Å². The standard InChI is InChI=1S/C21H21N3O3S/c1-14-12-20-22-23-21(24(20)19-13-17(26-3)8-9-18(14)19)28-11-10-27-16-6-4-15(25-2)5-7-16/h4-9,12-13H,10-11H2,1-3H3. The van der Waals surface area contributed by atoms with Crippen LogP contribution in [0.15, 0.2) is 53.7 Å². The molecule has 0 aliphatic carbocycles. The van der Waals surface area contributed by atoms with Crippen LogP contribution in [0.2, 0.25) is 0 Å². The van der Waals surface area contributed by atoms with Gasteiger partial charge in [0, 0.05) is 17.2 Å². The number of ether oxygens (including phenoxy) is 3. The minimum atomic E-state index is 0.568. The van der Waals surface area contributed by atoms with E-state index < -0.39 is 0 Å². The predicted molar refractivity (Wildman–Crippen MR) is 111 cm³/mol. The van der Waals surface area contributed by atoms with Gasteiger partial charge in [-0.1, -0.05) is 11.8 Å². The van der Waals surface area contributed by atoms with E-state index in [9.17, 15) is 0 Å². The lowest BCUT2D eigenvalue weighted by Crippen LogP contribution is -2.01. The summed E-state index contributed by atoms with van der Waals surface area (Å²) in [5.41, 5.74) is 3.03. The van der Waals surface area contributed by atoms with Gasteiger partial charge in [0.15, 0.2) is 10.8 Å². The average molecular weight is 395 g/mol. The molecule has 0 unspecified atom stereocenters. The number of hydrogen-bond acceptors (Lipinski definition) is 6. The highest BCUT2D eigenvalue weighted by atomic mass is 32.2. The molecule has 2 heterocycles. The van der Waals surface area contributed by atoms with Gasteiger partial charge in [0.1, 0.15) is 17.2 Å². The lowest BCUT2D eigenvalue weighted by atomic mass is 10.1. The Balaban J connectivity index is 1.52. The lowest BCUT2D eigenvalue weighted by Gasteiger charge is -2.10. The van der Waals surface area contributed by atoms with E-state index in [0.717, 1.165) is 50.3 Å². The summed E-state index contributed by atoms with van der Waals surface area (Å²) in [7, 11) is 3.32. The predicted octanol–water partition coefficient (Wildman–Crippen LogP) is 4.38. The average Bonchev–Trinajstić information content (AvgIpc) is 3.14. The Bertz CT molecular complexity index is 1110. The molecule has 144 valence electrons. The lowest BCUT2D eigenvalue weighted by molar-refractivity contribution is 0.342. The number of methoxy groups -OCH3 is 2. The minimum absolute atomic E-state index is 0.568. The summed E-state index contributed by atoms with van der Waals surface area (Å²) in [6, 6.07) is 15.7. The number of benzene rings is 2. The topological polar surface area (TPSA) is 57.9 Å². The number of hydrogen-bond donors (Lipinski definition) is 0. The molecule has 0 saturated carbocycles. The summed E-state index contributed by atoms with van der Waals surface area (Å²) >= 11 is 1.62. The van der Waals surface area contributed by atoms with Gasteiger partial charge in [-0.2, -0.15) is 0 Å². The molecule has 4 rings (SSSR count). The van der Waals surface area contributed by atoms with E-state index in [1.807, 2.05) is 36.4 Å². The summed E-state index contributed by atoms with van der Waals surface area (Å²) in [6.45, 7) is 2.65. The fraction of sp³-hybridized carbons (Fsp3) is 0.238. The van der Waals surface area contributed by atoms with Gasteiger partial charge in [-0.3, -0.25) is 4.40 Å². The first kappa shape index (κ1) is 18.4. The van der Waals surface area contributed by atoms with Gasteiger partial charge in [-0.25, -0.2) is 0 Å². The second kappa shape index (κ2) is 7.98. The molecule has 28 heavy (non-hydrogen) atoms. The molecule has 0 amide bonds. The summed E-state index contributed by atoms with van der Waals surface area (Å²) in [6.07, 6.45) is 0. The molecule has 0 aliphatic heterocycles. The Morgan fingerprint density at radius 1 is 0.893 bits per heavy atom. The SMILES string of the molecule is COc1ccc(OCCSc2nnc3cc(C)c4ccc(OC)cc4n23)cc1. The number of rotatable bonds is 7. The van der Waals surface area contributed by atoms with Crippen molar-refractivity contribution < 1.29 is 14.2 Å². The molecule has 0 atom stereocenters. The van der Waals surface area contributed by atoms with Crippen molar-refractivity contribution in [2.75, 3.05) is 26.6 Å². The Hall–Kier alpha value is -2.93. The van der Waals surface area contributed by atoms with Crippen LogP contribution in [0.4, 0.5) is 0 Å². The smallest absolute Gasteiger partial charge is 0.196 e. The van der Waals surface area contributed by atoms with Crippen molar-refractivity contribution in [2.45, 2.75) is 12.1 Å². The van der Waals surface area contributed by atoms with E-state index in [0.29, 0.717) is 6.61 Å². The van der Waals surface area contributed by atoms with E-state index in [1.165, 1.54) is 0 Å². The van der Waals surface area contributed by atoms with Gasteiger partial charge in [0.2, 0.25) is 0 Å². The molecule has 0 N–H and O–H groups in total. The first-order valence-electron chi connectivity index (χ1n) is 8.92. The van der Waals surface area contributed by atoms with Crippen molar-refractivity contribution in [1.29, 1.82) is 0 Å². The zero-order chi connectivity index (χ0) is 19.5. The van der Waals surface area contributed by atoms with Gasteiger partial charge in [0.05, 0.1) is 26.3 Å². The Morgan fingerprint density at radius 2 is 1.61 bits per heavy atom. The molecule has 6 nitrogen and oxygen atoms in total. The number of thioether (sulfide) groups is 1. The molecular formula is C21H21N3O3S. The first-order valence-corrected chi connectivity index (χ1v) is 9.90. The third kappa shape index (κ3) is 3.57. The normalized spacial score (nSPS) is 11.1. The summed E-state index contributed by atoms with van der Waals surface area (Å²) in [4.78, 5) is 0. The van der Waals surface area contributed by atoms with Crippen LogP contribution >= 0.6 is 11.8 Å². The maximum absolute atomic E-state index is 5.81. The van der Waals surface area contributed by atoms with Crippen LogP contribution in [0.1, 0.15) is 5.56 Å². The molecule has 0 bridgehead atoms. The van der Waals surface area contributed by atoms with Crippen LogP contribution < -0.4 is 14.2 Å². The third-order valence-electron chi connectivity index (χ3n) is 4.52. The molecule has 2 aromatic carbocycles. The van der Waals surface area contributed by atoms with Crippen molar-refractivity contribution in [2.24, 2.45) is 0 Å². The van der Waals surface area contributed by atoms with Gasteiger partial charge in [0.25, 0.3) is 0 Å². The molecule has 0 radical (unpaired) electrons. The van der Waals surface area contributed by atoms with E-state index in [4.69, 9.17) is 14.2 Å². The van der Waals surface area contributed by atoms with Crippen LogP contribution in [0.3, 0.4) is 0 Å². The molecule has 0 fully saturated rings. The van der Waals surface area contributed by atoms with E-state index in [2.05, 4.69) is 33.7 Å². The Morgan fingerprint density at radius 3 is 2.36 bits per heavy atom. The van der Waals surface area contributed by atoms with Gasteiger partial charge >= 0.3 is 0 Å². The largest absolute Gasteiger partial charge is 0.497 e. The second-order valence-electron chi connectivity index (χ2n) is 6.26. The minimum Gasteiger partial charge on any atom is -0.497 e. The quantitative estimate of drug-likeness (QED) is 0.342. The zero-order valence-electron chi connectivity index (χ0n) is 16.0. The van der Waals surface area contributed by atoms with Crippen LogP contribution in [0.25, 0.3) is 16.6 Å². The number of fused-ring (bicyclic) bond motifs is 3. The van der Waals surface area contributed by atoms with Crippen LogP contribution in [-0.4, -0.2) is 41.2 Å². The molecular weight excluding hydrogens is 374 g/mol. The van der Waals surface area contributed by atoms with Crippen molar-refractivity contribution in [3.05, 3.63) is 54.1 Å². The highest BCUT2D eigenvalue weighted by Crippen LogP contribution is 2.28.